The van der Waals surface area contributed by atoms with Crippen molar-refractivity contribution in [3.63, 3.8) is 0 Å². The molecular formula is C12H21N3O. The predicted octanol–water partition coefficient (Wildman–Crippen LogP) is 0.531. The zero-order chi connectivity index (χ0) is 11.6. The molecule has 1 heterocycles. The van der Waals surface area contributed by atoms with E-state index in [0.717, 1.165) is 38.4 Å². The third-order valence-corrected chi connectivity index (χ3v) is 2.47. The third-order valence-electron chi connectivity index (χ3n) is 2.47. The van der Waals surface area contributed by atoms with Gasteiger partial charge in [0.1, 0.15) is 0 Å². The number of methoxy groups -OCH3 is 1. The summed E-state index contributed by atoms with van der Waals surface area (Å²) in [5, 5.41) is 0. The largest absolute Gasteiger partial charge is 0.383 e. The molecule has 0 aliphatic carbocycles. The molecule has 0 aromatic carbocycles. The molecule has 0 aliphatic heterocycles. The molecule has 0 fully saturated rings. The first kappa shape index (κ1) is 13.1. The van der Waals surface area contributed by atoms with Crippen molar-refractivity contribution < 1.29 is 4.74 Å². The van der Waals surface area contributed by atoms with Crippen molar-refractivity contribution in [1.82, 2.24) is 9.88 Å². The average Bonchev–Trinajstić information content (AvgIpc) is 2.34. The fourth-order valence-electron chi connectivity index (χ4n) is 1.56. The van der Waals surface area contributed by atoms with Crippen LogP contribution in [0.15, 0.2) is 24.4 Å². The number of nitrogens with two attached hydrogens (primary N) is 1. The quantitative estimate of drug-likeness (QED) is 0.698. The lowest BCUT2D eigenvalue weighted by Gasteiger charge is -2.20. The van der Waals surface area contributed by atoms with Crippen LogP contribution in [0.4, 0.5) is 0 Å². The minimum Gasteiger partial charge on any atom is -0.383 e. The molecule has 0 atom stereocenters. The van der Waals surface area contributed by atoms with Crippen LogP contribution >= 0.6 is 0 Å². The van der Waals surface area contributed by atoms with Gasteiger partial charge in [0.15, 0.2) is 0 Å². The van der Waals surface area contributed by atoms with E-state index in [1.807, 2.05) is 18.3 Å². The first-order chi connectivity index (χ1) is 7.86. The van der Waals surface area contributed by atoms with Gasteiger partial charge in [0.05, 0.1) is 6.61 Å². The van der Waals surface area contributed by atoms with Gasteiger partial charge in [0, 0.05) is 51.6 Å². The maximum Gasteiger partial charge on any atom is 0.0589 e. The summed E-state index contributed by atoms with van der Waals surface area (Å²) in [5.41, 5.74) is 6.70. The molecule has 0 saturated heterocycles. The molecule has 90 valence electrons. The van der Waals surface area contributed by atoms with Gasteiger partial charge in [-0.25, -0.2) is 0 Å². The smallest absolute Gasteiger partial charge is 0.0589 e. The highest BCUT2D eigenvalue weighted by atomic mass is 16.5. The van der Waals surface area contributed by atoms with Crippen molar-refractivity contribution in [1.29, 1.82) is 0 Å². The second-order valence-corrected chi connectivity index (χ2v) is 3.69. The van der Waals surface area contributed by atoms with Crippen molar-refractivity contribution in [3.8, 4) is 0 Å². The Morgan fingerprint density at radius 2 is 2.19 bits per heavy atom. The molecule has 4 nitrogen and oxygen atoms in total. The lowest BCUT2D eigenvalue weighted by molar-refractivity contribution is 0.150. The van der Waals surface area contributed by atoms with Crippen LogP contribution in [-0.2, 0) is 11.2 Å². The van der Waals surface area contributed by atoms with Gasteiger partial charge in [-0.15, -0.1) is 0 Å². The van der Waals surface area contributed by atoms with Crippen molar-refractivity contribution in [2.45, 2.75) is 6.42 Å². The fraction of sp³-hybridized carbons (Fsp3) is 0.583. The zero-order valence-electron chi connectivity index (χ0n) is 9.93. The van der Waals surface area contributed by atoms with E-state index < -0.39 is 0 Å². The van der Waals surface area contributed by atoms with Crippen LogP contribution in [0, 0.1) is 0 Å². The highest BCUT2D eigenvalue weighted by molar-refractivity contribution is 5.03. The highest BCUT2D eigenvalue weighted by Crippen LogP contribution is 1.97. The molecule has 0 saturated carbocycles. The van der Waals surface area contributed by atoms with Gasteiger partial charge < -0.3 is 10.5 Å². The number of ether oxygens (including phenoxy) is 1. The Hall–Kier alpha value is -0.970. The third kappa shape index (κ3) is 5.21. The summed E-state index contributed by atoms with van der Waals surface area (Å²) < 4.78 is 5.07. The Kier molecular flexibility index (Phi) is 6.72. The molecule has 4 heteroatoms. The van der Waals surface area contributed by atoms with Crippen LogP contribution in [0.5, 0.6) is 0 Å². The van der Waals surface area contributed by atoms with Crippen LogP contribution in [-0.4, -0.2) is 49.8 Å². The Labute approximate surface area is 97.4 Å². The van der Waals surface area contributed by atoms with Gasteiger partial charge in [0.2, 0.25) is 0 Å². The maximum atomic E-state index is 5.57. The van der Waals surface area contributed by atoms with E-state index in [1.54, 1.807) is 7.11 Å². The van der Waals surface area contributed by atoms with Crippen LogP contribution < -0.4 is 5.73 Å². The summed E-state index contributed by atoms with van der Waals surface area (Å²) in [4.78, 5) is 6.61. The molecule has 16 heavy (non-hydrogen) atoms. The molecule has 2 N–H and O–H groups in total. The Balaban J connectivity index is 2.31. The minimum atomic E-state index is 0.686. The first-order valence-corrected chi connectivity index (χ1v) is 5.68. The van der Waals surface area contributed by atoms with Crippen LogP contribution in [0.25, 0.3) is 0 Å². The average molecular weight is 223 g/mol. The monoisotopic (exact) mass is 223 g/mol. The Bertz CT molecular complexity index is 266. The summed E-state index contributed by atoms with van der Waals surface area (Å²) in [7, 11) is 1.72. The fourth-order valence-corrected chi connectivity index (χ4v) is 1.56. The first-order valence-electron chi connectivity index (χ1n) is 5.68. The molecule has 1 rings (SSSR count). The SMILES string of the molecule is COCCN(CCN)CCc1ccccn1. The van der Waals surface area contributed by atoms with E-state index in [1.165, 1.54) is 0 Å². The van der Waals surface area contributed by atoms with E-state index in [0.29, 0.717) is 6.54 Å². The highest BCUT2D eigenvalue weighted by Gasteiger charge is 2.04. The van der Waals surface area contributed by atoms with E-state index in [9.17, 15) is 0 Å². The van der Waals surface area contributed by atoms with E-state index >= 15 is 0 Å². The maximum absolute atomic E-state index is 5.57. The van der Waals surface area contributed by atoms with E-state index in [4.69, 9.17) is 10.5 Å². The van der Waals surface area contributed by atoms with Crippen LogP contribution in [0.3, 0.4) is 0 Å². The van der Waals surface area contributed by atoms with Gasteiger partial charge in [-0.05, 0) is 12.1 Å². The van der Waals surface area contributed by atoms with Gasteiger partial charge in [-0.1, -0.05) is 6.07 Å². The summed E-state index contributed by atoms with van der Waals surface area (Å²) in [6, 6.07) is 6.01. The molecule has 0 unspecified atom stereocenters. The van der Waals surface area contributed by atoms with Gasteiger partial charge in [-0.3, -0.25) is 9.88 Å². The molecule has 1 aromatic heterocycles. The molecular weight excluding hydrogens is 202 g/mol. The lowest BCUT2D eigenvalue weighted by atomic mass is 10.2. The van der Waals surface area contributed by atoms with Crippen molar-refractivity contribution in [2.24, 2.45) is 5.73 Å². The Morgan fingerprint density at radius 3 is 2.81 bits per heavy atom. The number of nitrogens with zero attached hydrogens (tertiary/aromatic N) is 2. The number of aromatic nitrogens is 1. The van der Waals surface area contributed by atoms with E-state index in [2.05, 4.69) is 16.0 Å². The van der Waals surface area contributed by atoms with Gasteiger partial charge in [-0.2, -0.15) is 0 Å². The normalized spacial score (nSPS) is 10.9. The van der Waals surface area contributed by atoms with Crippen molar-refractivity contribution >= 4 is 0 Å². The van der Waals surface area contributed by atoms with Gasteiger partial charge in [0.25, 0.3) is 0 Å². The summed E-state index contributed by atoms with van der Waals surface area (Å²) >= 11 is 0. The Morgan fingerprint density at radius 1 is 1.31 bits per heavy atom. The number of hydrogen-bond acceptors (Lipinski definition) is 4. The number of pyridine rings is 1. The van der Waals surface area contributed by atoms with Crippen molar-refractivity contribution in [3.05, 3.63) is 30.1 Å². The summed E-state index contributed by atoms with van der Waals surface area (Å²) in [6.45, 7) is 4.27. The number of rotatable bonds is 8. The second-order valence-electron chi connectivity index (χ2n) is 3.69. The van der Waals surface area contributed by atoms with Gasteiger partial charge >= 0.3 is 0 Å². The molecule has 0 spiro atoms. The van der Waals surface area contributed by atoms with Crippen LogP contribution in [0.1, 0.15) is 5.69 Å². The molecule has 0 bridgehead atoms. The predicted molar refractivity (Wildman–Crippen MR) is 65.3 cm³/mol. The number of hydrogen-bond donors (Lipinski definition) is 1. The summed E-state index contributed by atoms with van der Waals surface area (Å²) in [5.74, 6) is 0. The topological polar surface area (TPSA) is 51.4 Å². The lowest BCUT2D eigenvalue weighted by Crippen LogP contribution is -2.34. The summed E-state index contributed by atoms with van der Waals surface area (Å²) in [6.07, 6.45) is 2.79. The molecule has 0 aliphatic rings. The van der Waals surface area contributed by atoms with E-state index in [-0.39, 0.29) is 0 Å². The molecule has 0 radical (unpaired) electrons. The van der Waals surface area contributed by atoms with Crippen molar-refractivity contribution in [2.75, 3.05) is 39.9 Å². The standard InChI is InChI=1S/C12H21N3O/c1-16-11-10-15(9-6-13)8-5-12-4-2-3-7-14-12/h2-4,7H,5-6,8-11,13H2,1H3. The second kappa shape index (κ2) is 8.21. The molecule has 1 aromatic rings. The molecule has 0 amide bonds. The minimum absolute atomic E-state index is 0.686. The zero-order valence-corrected chi connectivity index (χ0v) is 9.93. The van der Waals surface area contributed by atoms with Crippen LogP contribution in [0.2, 0.25) is 0 Å².